The average molecular weight is 605 g/mol. The molecule has 2 N–H and O–H groups in total. The van der Waals surface area contributed by atoms with Gasteiger partial charge in [-0.1, -0.05) is 134 Å². The normalized spacial score (nSPS) is 13.6. The highest BCUT2D eigenvalue weighted by molar-refractivity contribution is 5.70. The maximum atomic E-state index is 12.1. The lowest BCUT2D eigenvalue weighted by atomic mass is 10.0. The molecular formula is C37H64O6. The number of carbonyl (C=O) groups excluding carboxylic acids is 2. The van der Waals surface area contributed by atoms with Crippen LogP contribution in [0.1, 0.15) is 143 Å². The lowest BCUT2D eigenvalue weighted by molar-refractivity contribution is -0.161. The van der Waals surface area contributed by atoms with Crippen molar-refractivity contribution >= 4 is 11.9 Å². The van der Waals surface area contributed by atoms with Crippen molar-refractivity contribution < 1.29 is 29.3 Å². The Labute approximate surface area is 263 Å². The van der Waals surface area contributed by atoms with E-state index in [2.05, 4.69) is 26.8 Å². The van der Waals surface area contributed by atoms with Gasteiger partial charge in [0.25, 0.3) is 0 Å². The molecule has 0 amide bonds. The summed E-state index contributed by atoms with van der Waals surface area (Å²) in [6.45, 7) is 6.26. The Balaban J connectivity index is 3.80. The largest absolute Gasteiger partial charge is 0.462 e. The molecule has 0 aliphatic heterocycles. The van der Waals surface area contributed by atoms with Crippen LogP contribution in [0, 0.1) is 5.92 Å². The van der Waals surface area contributed by atoms with Crippen LogP contribution in [0.25, 0.3) is 0 Å². The summed E-state index contributed by atoms with van der Waals surface area (Å²) in [5.74, 6) is 0.0918. The monoisotopic (exact) mass is 604 g/mol. The van der Waals surface area contributed by atoms with Crippen LogP contribution < -0.4 is 0 Å². The van der Waals surface area contributed by atoms with E-state index in [0.717, 1.165) is 44.4 Å². The van der Waals surface area contributed by atoms with E-state index in [1.165, 1.54) is 57.8 Å². The first kappa shape index (κ1) is 40.8. The maximum absolute atomic E-state index is 12.1. The van der Waals surface area contributed by atoms with Crippen molar-refractivity contribution in [3.8, 4) is 0 Å². The number of esters is 2. The molecule has 0 heterocycles. The van der Waals surface area contributed by atoms with Crippen LogP contribution in [-0.2, 0) is 19.1 Å². The second kappa shape index (κ2) is 31.3. The summed E-state index contributed by atoms with van der Waals surface area (Å²) in [5, 5.41) is 19.5. The van der Waals surface area contributed by atoms with Gasteiger partial charge in [-0.2, -0.15) is 0 Å². The van der Waals surface area contributed by atoms with Gasteiger partial charge in [0.15, 0.2) is 6.10 Å². The van der Waals surface area contributed by atoms with Crippen LogP contribution in [0.3, 0.4) is 0 Å². The van der Waals surface area contributed by atoms with E-state index in [4.69, 9.17) is 9.47 Å². The number of hydrogen-bond donors (Lipinski definition) is 2. The second-order valence-electron chi connectivity index (χ2n) is 11.9. The van der Waals surface area contributed by atoms with Crippen molar-refractivity contribution in [2.45, 2.75) is 155 Å². The van der Waals surface area contributed by atoms with E-state index >= 15 is 0 Å². The zero-order valence-corrected chi connectivity index (χ0v) is 27.7. The summed E-state index contributed by atoms with van der Waals surface area (Å²) in [5.41, 5.74) is 0. The number of rotatable bonds is 29. The summed E-state index contributed by atoms with van der Waals surface area (Å²) in [6.07, 6.45) is 33.4. The summed E-state index contributed by atoms with van der Waals surface area (Å²) in [6, 6.07) is 0. The molecule has 43 heavy (non-hydrogen) atoms. The molecule has 0 fully saturated rings. The second-order valence-corrected chi connectivity index (χ2v) is 11.9. The number of carbonyl (C=O) groups is 2. The summed E-state index contributed by atoms with van der Waals surface area (Å²) in [7, 11) is 0. The van der Waals surface area contributed by atoms with Crippen LogP contribution in [0.2, 0.25) is 0 Å². The molecule has 0 unspecified atom stereocenters. The zero-order valence-electron chi connectivity index (χ0n) is 27.7. The molecule has 0 bridgehead atoms. The lowest BCUT2D eigenvalue weighted by Gasteiger charge is -2.15. The van der Waals surface area contributed by atoms with Gasteiger partial charge < -0.3 is 19.7 Å². The third-order valence-corrected chi connectivity index (χ3v) is 7.13. The fraction of sp³-hybridized carbons (Fsp3) is 0.730. The highest BCUT2D eigenvalue weighted by Crippen LogP contribution is 2.13. The topological polar surface area (TPSA) is 93.1 Å². The van der Waals surface area contributed by atoms with Crippen molar-refractivity contribution in [2.24, 2.45) is 5.92 Å². The molecule has 0 aliphatic carbocycles. The summed E-state index contributed by atoms with van der Waals surface area (Å²) in [4.78, 5) is 24.1. The van der Waals surface area contributed by atoms with Crippen LogP contribution in [0.15, 0.2) is 48.6 Å². The quantitative estimate of drug-likeness (QED) is 0.0383. The molecule has 6 nitrogen and oxygen atoms in total. The van der Waals surface area contributed by atoms with E-state index in [0.29, 0.717) is 19.3 Å². The van der Waals surface area contributed by atoms with Gasteiger partial charge in [0.05, 0.1) is 12.7 Å². The number of aliphatic hydroxyl groups excluding tert-OH is 2. The molecule has 0 radical (unpaired) electrons. The lowest BCUT2D eigenvalue weighted by Crippen LogP contribution is -2.28. The summed E-state index contributed by atoms with van der Waals surface area (Å²) < 4.78 is 10.5. The number of aliphatic hydroxyl groups is 2. The first-order valence-electron chi connectivity index (χ1n) is 17.2. The first-order chi connectivity index (χ1) is 20.9. The fourth-order valence-electron chi connectivity index (χ4n) is 4.46. The van der Waals surface area contributed by atoms with Crippen molar-refractivity contribution in [1.82, 2.24) is 0 Å². The number of hydrogen-bond acceptors (Lipinski definition) is 6. The van der Waals surface area contributed by atoms with E-state index in [1.54, 1.807) is 6.08 Å². The molecular weight excluding hydrogens is 540 g/mol. The van der Waals surface area contributed by atoms with Crippen molar-refractivity contribution in [1.29, 1.82) is 0 Å². The van der Waals surface area contributed by atoms with Gasteiger partial charge in [-0.25, -0.2) is 0 Å². The maximum Gasteiger partial charge on any atom is 0.306 e. The molecule has 248 valence electrons. The Hall–Kier alpha value is -2.18. The number of ether oxygens (including phenoxy) is 2. The highest BCUT2D eigenvalue weighted by Gasteiger charge is 2.15. The van der Waals surface area contributed by atoms with E-state index < -0.39 is 18.2 Å². The highest BCUT2D eigenvalue weighted by atomic mass is 16.6. The van der Waals surface area contributed by atoms with Gasteiger partial charge in [0.2, 0.25) is 0 Å². The van der Waals surface area contributed by atoms with Gasteiger partial charge in [0.1, 0.15) is 6.61 Å². The Morgan fingerprint density at radius 1 is 0.721 bits per heavy atom. The van der Waals surface area contributed by atoms with Gasteiger partial charge in [-0.05, 0) is 50.9 Å². The van der Waals surface area contributed by atoms with Gasteiger partial charge >= 0.3 is 11.9 Å². The average Bonchev–Trinajstić information content (AvgIpc) is 2.98. The zero-order chi connectivity index (χ0) is 31.8. The Kier molecular flexibility index (Phi) is 29.7. The molecule has 0 aromatic carbocycles. The fourth-order valence-corrected chi connectivity index (χ4v) is 4.46. The smallest absolute Gasteiger partial charge is 0.306 e. The summed E-state index contributed by atoms with van der Waals surface area (Å²) >= 11 is 0. The van der Waals surface area contributed by atoms with Crippen LogP contribution >= 0.6 is 0 Å². The van der Waals surface area contributed by atoms with E-state index in [9.17, 15) is 19.8 Å². The van der Waals surface area contributed by atoms with Crippen molar-refractivity contribution in [2.75, 3.05) is 13.2 Å². The molecule has 0 saturated carbocycles. The number of allylic oxidation sites excluding steroid dienone is 6. The van der Waals surface area contributed by atoms with Crippen molar-refractivity contribution in [3.05, 3.63) is 48.6 Å². The third-order valence-electron chi connectivity index (χ3n) is 7.13. The molecule has 0 aromatic rings. The number of unbranched alkanes of at least 4 members (excludes halogenated alkanes) is 11. The van der Waals surface area contributed by atoms with Crippen LogP contribution in [0.4, 0.5) is 0 Å². The third kappa shape index (κ3) is 31.1. The minimum Gasteiger partial charge on any atom is -0.462 e. The Morgan fingerprint density at radius 3 is 2.07 bits per heavy atom. The predicted molar refractivity (Wildman–Crippen MR) is 179 cm³/mol. The standard InChI is InChI=1S/C37H64O6/c1-4-5-6-7-11-17-22-27-34(39)28-23-18-13-10-15-20-25-30-37(41)43-35(31-38)32-42-36(40)29-24-19-14-9-8-12-16-21-26-33(2)3/h10-11,15,17-18,22-23,27,33-35,38-39H,4-9,12-14,16,19-21,24-26,28-32H2,1-3H3/b15-10+,17-11-,23-18-,27-22-/t34-,35-/m0/s1. The van der Waals surface area contributed by atoms with Gasteiger partial charge in [-0.15, -0.1) is 0 Å². The molecule has 0 aliphatic rings. The van der Waals surface area contributed by atoms with Gasteiger partial charge in [-0.3, -0.25) is 9.59 Å². The minimum atomic E-state index is -0.820. The molecule has 6 heteroatoms. The SMILES string of the molecule is CCCCC/C=C\C=C/[C@H](O)C/C=C\C/C=C/CCCC(=O)O[C@@H](CO)COC(=O)CCCCCCCCCCC(C)C. The minimum absolute atomic E-state index is 0.107. The van der Waals surface area contributed by atoms with E-state index in [1.807, 2.05) is 36.5 Å². The molecule has 0 aromatic heterocycles. The molecule has 2 atom stereocenters. The molecule has 0 spiro atoms. The van der Waals surface area contributed by atoms with Crippen molar-refractivity contribution in [3.63, 3.8) is 0 Å². The van der Waals surface area contributed by atoms with Crippen LogP contribution in [-0.4, -0.2) is 47.6 Å². The van der Waals surface area contributed by atoms with Crippen LogP contribution in [0.5, 0.6) is 0 Å². The Morgan fingerprint density at radius 2 is 1.37 bits per heavy atom. The van der Waals surface area contributed by atoms with Gasteiger partial charge in [0, 0.05) is 12.8 Å². The molecule has 0 saturated heterocycles. The first-order valence-corrected chi connectivity index (χ1v) is 17.2. The predicted octanol–water partition coefficient (Wildman–Crippen LogP) is 9.11. The Bertz CT molecular complexity index is 767. The van der Waals surface area contributed by atoms with E-state index in [-0.39, 0.29) is 25.6 Å². The molecule has 0 rings (SSSR count).